The van der Waals surface area contributed by atoms with Crippen molar-refractivity contribution in [2.24, 2.45) is 0 Å². The molecule has 1 aromatic carbocycles. The predicted octanol–water partition coefficient (Wildman–Crippen LogP) is -0.236. The molecule has 0 saturated carbocycles. The lowest BCUT2D eigenvalue weighted by Gasteiger charge is -2.30. The van der Waals surface area contributed by atoms with Crippen LogP contribution < -0.4 is 10.6 Å². The highest BCUT2D eigenvalue weighted by molar-refractivity contribution is 7.89. The van der Waals surface area contributed by atoms with E-state index in [1.807, 2.05) is 0 Å². The zero-order valence-corrected chi connectivity index (χ0v) is 11.9. The Morgan fingerprint density at radius 3 is 2.40 bits per heavy atom. The Morgan fingerprint density at radius 2 is 1.85 bits per heavy atom. The maximum absolute atomic E-state index is 12.5. The van der Waals surface area contributed by atoms with Crippen LogP contribution in [0.25, 0.3) is 0 Å². The Balaban J connectivity index is 2.37. The van der Waals surface area contributed by atoms with Crippen molar-refractivity contribution in [2.75, 3.05) is 18.9 Å². The summed E-state index contributed by atoms with van der Waals surface area (Å²) < 4.78 is 25.8. The van der Waals surface area contributed by atoms with Gasteiger partial charge in [-0.2, -0.15) is 4.31 Å². The van der Waals surface area contributed by atoms with E-state index in [1.54, 1.807) is 19.2 Å². The second-order valence-corrected chi connectivity index (χ2v) is 6.30. The lowest BCUT2D eigenvalue weighted by molar-refractivity contribution is -0.136. The molecule has 2 rings (SSSR count). The topological polar surface area (TPSA) is 95.6 Å². The summed E-state index contributed by atoms with van der Waals surface area (Å²) in [6.45, 7) is 1.09. The highest BCUT2D eigenvalue weighted by Crippen LogP contribution is 2.21. The Hall–Kier alpha value is -1.93. The molecule has 0 aromatic heterocycles. The van der Waals surface area contributed by atoms with Crippen LogP contribution in [0.3, 0.4) is 0 Å². The lowest BCUT2D eigenvalue weighted by Crippen LogP contribution is -2.58. The predicted molar refractivity (Wildman–Crippen MR) is 72.5 cm³/mol. The number of benzene rings is 1. The molecule has 1 heterocycles. The highest BCUT2D eigenvalue weighted by atomic mass is 32.2. The van der Waals surface area contributed by atoms with Crippen molar-refractivity contribution in [1.29, 1.82) is 0 Å². The maximum atomic E-state index is 12.5. The van der Waals surface area contributed by atoms with E-state index in [1.165, 1.54) is 19.1 Å². The number of carbonyl (C=O) groups is 2. The van der Waals surface area contributed by atoms with Crippen LogP contribution in [0.1, 0.15) is 6.92 Å². The fraction of sp³-hybridized carbons (Fsp3) is 0.333. The summed E-state index contributed by atoms with van der Waals surface area (Å²) in [7, 11) is -2.16. The van der Waals surface area contributed by atoms with Crippen LogP contribution in [0.2, 0.25) is 0 Å². The molecule has 1 atom stereocenters. The number of amides is 2. The average molecular weight is 297 g/mol. The Bertz CT molecular complexity index is 639. The van der Waals surface area contributed by atoms with Gasteiger partial charge in [0.1, 0.15) is 6.04 Å². The molecule has 1 aromatic rings. The maximum Gasteiger partial charge on any atom is 0.244 e. The third-order valence-electron chi connectivity index (χ3n) is 3.12. The number of nitrogens with zero attached hydrogens (tertiary/aromatic N) is 1. The summed E-state index contributed by atoms with van der Waals surface area (Å²) in [6, 6.07) is 5.18. The summed E-state index contributed by atoms with van der Waals surface area (Å²) in [5.74, 6) is -1.24. The van der Waals surface area contributed by atoms with Crippen LogP contribution in [0.15, 0.2) is 29.2 Å². The van der Waals surface area contributed by atoms with E-state index in [0.717, 1.165) is 9.99 Å². The van der Waals surface area contributed by atoms with Crippen LogP contribution in [0.5, 0.6) is 0 Å². The molecular formula is C12H15N3O4S. The van der Waals surface area contributed by atoms with Gasteiger partial charge in [-0.3, -0.25) is 14.9 Å². The van der Waals surface area contributed by atoms with Crippen molar-refractivity contribution in [3.8, 4) is 0 Å². The summed E-state index contributed by atoms with van der Waals surface area (Å²) in [6.07, 6.45) is 0. The van der Waals surface area contributed by atoms with Crippen LogP contribution in [-0.4, -0.2) is 44.2 Å². The molecule has 1 aliphatic heterocycles. The van der Waals surface area contributed by atoms with E-state index in [4.69, 9.17) is 0 Å². The van der Waals surface area contributed by atoms with Crippen molar-refractivity contribution >= 4 is 27.5 Å². The van der Waals surface area contributed by atoms with Gasteiger partial charge in [0.05, 0.1) is 11.4 Å². The van der Waals surface area contributed by atoms with Crippen LogP contribution in [0, 0.1) is 0 Å². The summed E-state index contributed by atoms with van der Waals surface area (Å²) >= 11 is 0. The van der Waals surface area contributed by atoms with Gasteiger partial charge in [-0.1, -0.05) is 0 Å². The molecule has 0 bridgehead atoms. The second-order valence-electron chi connectivity index (χ2n) is 4.41. The first-order chi connectivity index (χ1) is 9.36. The first kappa shape index (κ1) is 14.5. The number of rotatable bonds is 3. The van der Waals surface area contributed by atoms with Gasteiger partial charge in [-0.05, 0) is 31.2 Å². The zero-order chi connectivity index (χ0) is 14.9. The standard InChI is InChI=1S/C12H15N3O4S/c1-8-12(17)14-11(16)7-15(8)20(18,19)10-5-3-9(13-2)4-6-10/h3-6,8,13H,7H2,1-2H3,(H,14,16,17). The van der Waals surface area contributed by atoms with Crippen molar-refractivity contribution in [2.45, 2.75) is 17.9 Å². The number of hydrogen-bond donors (Lipinski definition) is 2. The number of piperazine rings is 1. The minimum absolute atomic E-state index is 0.0471. The Morgan fingerprint density at radius 1 is 1.25 bits per heavy atom. The number of anilines is 1. The van der Waals surface area contributed by atoms with Crippen molar-refractivity contribution in [3.63, 3.8) is 0 Å². The van der Waals surface area contributed by atoms with Crippen LogP contribution in [0.4, 0.5) is 5.69 Å². The molecule has 1 fully saturated rings. The first-order valence-electron chi connectivity index (χ1n) is 5.99. The van der Waals surface area contributed by atoms with Gasteiger partial charge in [0, 0.05) is 12.7 Å². The minimum Gasteiger partial charge on any atom is -0.388 e. The molecule has 108 valence electrons. The third kappa shape index (κ3) is 2.52. The number of sulfonamides is 1. The molecule has 1 aliphatic rings. The van der Waals surface area contributed by atoms with Gasteiger partial charge in [0.2, 0.25) is 21.8 Å². The van der Waals surface area contributed by atoms with Gasteiger partial charge in [0.15, 0.2) is 0 Å². The van der Waals surface area contributed by atoms with E-state index >= 15 is 0 Å². The molecule has 0 radical (unpaired) electrons. The van der Waals surface area contributed by atoms with Crippen molar-refractivity contribution in [3.05, 3.63) is 24.3 Å². The third-order valence-corrected chi connectivity index (χ3v) is 5.05. The molecule has 7 nitrogen and oxygen atoms in total. The van der Waals surface area contributed by atoms with E-state index < -0.39 is 27.9 Å². The fourth-order valence-electron chi connectivity index (χ4n) is 1.91. The highest BCUT2D eigenvalue weighted by Gasteiger charge is 2.38. The van der Waals surface area contributed by atoms with E-state index in [2.05, 4.69) is 10.6 Å². The van der Waals surface area contributed by atoms with Gasteiger partial charge in [0.25, 0.3) is 0 Å². The van der Waals surface area contributed by atoms with Gasteiger partial charge < -0.3 is 5.32 Å². The molecule has 0 aliphatic carbocycles. The molecule has 0 spiro atoms. The van der Waals surface area contributed by atoms with E-state index in [9.17, 15) is 18.0 Å². The lowest BCUT2D eigenvalue weighted by atomic mass is 10.2. The van der Waals surface area contributed by atoms with Gasteiger partial charge >= 0.3 is 0 Å². The quantitative estimate of drug-likeness (QED) is 0.751. The molecule has 1 unspecified atom stereocenters. The van der Waals surface area contributed by atoms with Crippen molar-refractivity contribution < 1.29 is 18.0 Å². The van der Waals surface area contributed by atoms with E-state index in [0.29, 0.717) is 0 Å². The second kappa shape index (κ2) is 5.22. The molecular weight excluding hydrogens is 282 g/mol. The minimum atomic E-state index is -3.88. The Labute approximate surface area is 117 Å². The largest absolute Gasteiger partial charge is 0.388 e. The molecule has 2 amide bonds. The smallest absolute Gasteiger partial charge is 0.244 e. The number of carbonyl (C=O) groups excluding carboxylic acids is 2. The zero-order valence-electron chi connectivity index (χ0n) is 11.1. The van der Waals surface area contributed by atoms with Crippen LogP contribution >= 0.6 is 0 Å². The number of imide groups is 1. The van der Waals surface area contributed by atoms with Crippen LogP contribution in [-0.2, 0) is 19.6 Å². The molecule has 1 saturated heterocycles. The SMILES string of the molecule is CNc1ccc(S(=O)(=O)N2CC(=O)NC(=O)C2C)cc1. The Kier molecular flexibility index (Phi) is 3.78. The van der Waals surface area contributed by atoms with Gasteiger partial charge in [-0.25, -0.2) is 8.42 Å². The number of nitrogens with one attached hydrogen (secondary N) is 2. The summed E-state index contributed by atoms with van der Waals surface area (Å²) in [4.78, 5) is 23.0. The van der Waals surface area contributed by atoms with Gasteiger partial charge in [-0.15, -0.1) is 0 Å². The first-order valence-corrected chi connectivity index (χ1v) is 7.43. The molecule has 2 N–H and O–H groups in total. The summed E-state index contributed by atoms with van der Waals surface area (Å²) in [5.41, 5.74) is 0.768. The fourth-order valence-corrected chi connectivity index (χ4v) is 3.46. The molecule has 8 heteroatoms. The monoisotopic (exact) mass is 297 g/mol. The van der Waals surface area contributed by atoms with Crippen molar-refractivity contribution in [1.82, 2.24) is 9.62 Å². The van der Waals surface area contributed by atoms with E-state index in [-0.39, 0.29) is 11.4 Å². The molecule has 20 heavy (non-hydrogen) atoms. The number of hydrogen-bond acceptors (Lipinski definition) is 5. The average Bonchev–Trinajstić information content (AvgIpc) is 2.42. The summed E-state index contributed by atoms with van der Waals surface area (Å²) in [5, 5.41) is 4.99. The normalized spacial score (nSPS) is 20.6.